The Labute approximate surface area is 201 Å². The van der Waals surface area contributed by atoms with Crippen molar-refractivity contribution in [3.63, 3.8) is 0 Å². The van der Waals surface area contributed by atoms with Gasteiger partial charge in [-0.1, -0.05) is 18.2 Å². The van der Waals surface area contributed by atoms with E-state index in [9.17, 15) is 10.1 Å². The quantitative estimate of drug-likeness (QED) is 0.391. The molecule has 1 aliphatic carbocycles. The molecule has 0 bridgehead atoms. The van der Waals surface area contributed by atoms with Gasteiger partial charge in [-0.25, -0.2) is 0 Å². The average Bonchev–Trinajstić information content (AvgIpc) is 2.89. The van der Waals surface area contributed by atoms with E-state index in [0.29, 0.717) is 17.6 Å². The summed E-state index contributed by atoms with van der Waals surface area (Å²) in [5.74, 6) is -0.481. The van der Waals surface area contributed by atoms with E-state index in [-0.39, 0.29) is 0 Å². The van der Waals surface area contributed by atoms with Gasteiger partial charge in [0.25, 0.3) is 0 Å². The summed E-state index contributed by atoms with van der Waals surface area (Å²) in [5, 5.41) is 17.2. The van der Waals surface area contributed by atoms with Gasteiger partial charge in [0.05, 0.1) is 34.6 Å². The highest BCUT2D eigenvalue weighted by atomic mass is 16.1. The zero-order valence-electron chi connectivity index (χ0n) is 18.6. The molecule has 35 heavy (non-hydrogen) atoms. The van der Waals surface area contributed by atoms with Crippen LogP contribution in [0.15, 0.2) is 97.2 Å². The van der Waals surface area contributed by atoms with Crippen LogP contribution in [0.5, 0.6) is 0 Å². The molecule has 0 saturated heterocycles. The number of carbonyl (C=O) groups excluding carboxylic acids is 1. The molecule has 4 N–H and O–H groups in total. The highest BCUT2D eigenvalue weighted by Gasteiger charge is 2.34. The minimum absolute atomic E-state index is 0.320. The van der Waals surface area contributed by atoms with Crippen molar-refractivity contribution in [1.29, 1.82) is 5.26 Å². The molecule has 170 valence electrons. The first-order chi connectivity index (χ1) is 17.1. The van der Waals surface area contributed by atoms with Crippen molar-refractivity contribution >= 4 is 33.9 Å². The molecule has 1 atom stereocenters. The lowest BCUT2D eigenvalue weighted by atomic mass is 9.80. The third-order valence-electron chi connectivity index (χ3n) is 5.91. The number of pyridine rings is 3. The lowest BCUT2D eigenvalue weighted by Gasteiger charge is -2.36. The van der Waals surface area contributed by atoms with Crippen LogP contribution in [-0.2, 0) is 10.3 Å². The van der Waals surface area contributed by atoms with Crippen LogP contribution >= 0.6 is 0 Å². The molecule has 4 aromatic rings. The molecule has 5 rings (SSSR count). The Morgan fingerprint density at radius 2 is 1.89 bits per heavy atom. The minimum Gasteiger partial charge on any atom is -0.371 e. The Hall–Kier alpha value is -5.03. The number of hydrogen-bond acceptors (Lipinski definition) is 7. The van der Waals surface area contributed by atoms with Crippen molar-refractivity contribution in [2.24, 2.45) is 5.73 Å². The molecule has 0 radical (unpaired) electrons. The number of nitrogens with one attached hydrogen (secondary N) is 2. The molecule has 3 aromatic heterocycles. The number of anilines is 3. The zero-order chi connectivity index (χ0) is 24.3. The van der Waals surface area contributed by atoms with Crippen molar-refractivity contribution < 1.29 is 4.79 Å². The van der Waals surface area contributed by atoms with E-state index in [2.05, 4.69) is 31.7 Å². The lowest BCUT2D eigenvalue weighted by molar-refractivity contribution is -0.114. The van der Waals surface area contributed by atoms with Gasteiger partial charge in [0.1, 0.15) is 0 Å². The number of allylic oxidation sites excluding steroid dienone is 2. The molecule has 0 aliphatic heterocycles. The van der Waals surface area contributed by atoms with Crippen LogP contribution in [0.2, 0.25) is 0 Å². The summed E-state index contributed by atoms with van der Waals surface area (Å²) < 4.78 is 0. The number of nitrogens with zero attached hydrogens (tertiary/aromatic N) is 4. The van der Waals surface area contributed by atoms with Gasteiger partial charge in [-0.2, -0.15) is 5.26 Å². The molecule has 0 fully saturated rings. The highest BCUT2D eigenvalue weighted by Crippen LogP contribution is 2.39. The number of primary amides is 1. The molecule has 1 aliphatic rings. The average molecular weight is 460 g/mol. The zero-order valence-corrected chi connectivity index (χ0v) is 18.6. The molecule has 1 amide bonds. The molecular formula is C27H21N7O. The van der Waals surface area contributed by atoms with E-state index in [1.807, 2.05) is 42.5 Å². The standard InChI is InChI=1S/C27H21N7O/c28-15-18-3-4-24-23(12-18)25(7-11-32-24)34-27(8-1-2-19(14-27)26(29)35)20-13-22(17-31-16-20)33-21-5-9-30-10-6-21/h1-13,16-17H,14H2,(H2,29,35)(H,30,33)(H,32,34). The molecule has 1 unspecified atom stereocenters. The van der Waals surface area contributed by atoms with Crippen LogP contribution in [0.4, 0.5) is 17.1 Å². The van der Waals surface area contributed by atoms with E-state index >= 15 is 0 Å². The van der Waals surface area contributed by atoms with Crippen molar-refractivity contribution in [3.05, 3.63) is 108 Å². The maximum atomic E-state index is 12.1. The first-order valence-corrected chi connectivity index (χ1v) is 10.9. The third kappa shape index (κ3) is 4.43. The van der Waals surface area contributed by atoms with Crippen molar-refractivity contribution in [1.82, 2.24) is 15.0 Å². The molecule has 0 saturated carbocycles. The first-order valence-electron chi connectivity index (χ1n) is 10.9. The Balaban J connectivity index is 1.60. The van der Waals surface area contributed by atoms with Crippen molar-refractivity contribution in [3.8, 4) is 6.07 Å². The number of hydrogen-bond donors (Lipinski definition) is 3. The predicted molar refractivity (Wildman–Crippen MR) is 135 cm³/mol. The number of amides is 1. The highest BCUT2D eigenvalue weighted by molar-refractivity contribution is 5.94. The summed E-state index contributed by atoms with van der Waals surface area (Å²) in [6, 6.07) is 15.1. The number of rotatable bonds is 6. The Kier molecular flexibility index (Phi) is 5.65. The lowest BCUT2D eigenvalue weighted by Crippen LogP contribution is -2.37. The summed E-state index contributed by atoms with van der Waals surface area (Å²) >= 11 is 0. The molecule has 3 heterocycles. The predicted octanol–water partition coefficient (Wildman–Crippen LogP) is 4.32. The number of benzene rings is 1. The van der Waals surface area contributed by atoms with E-state index < -0.39 is 11.4 Å². The fourth-order valence-electron chi connectivity index (χ4n) is 4.19. The monoisotopic (exact) mass is 459 g/mol. The second-order valence-electron chi connectivity index (χ2n) is 8.21. The summed E-state index contributed by atoms with van der Waals surface area (Å²) in [6.45, 7) is 0. The van der Waals surface area contributed by atoms with E-state index in [0.717, 1.165) is 33.5 Å². The van der Waals surface area contributed by atoms with Crippen LogP contribution in [0.1, 0.15) is 17.5 Å². The minimum atomic E-state index is -0.820. The van der Waals surface area contributed by atoms with E-state index in [1.54, 1.807) is 49.2 Å². The smallest absolute Gasteiger partial charge is 0.244 e. The number of fused-ring (bicyclic) bond motifs is 1. The first kappa shape index (κ1) is 21.8. The van der Waals surface area contributed by atoms with Gasteiger partial charge in [-0.15, -0.1) is 0 Å². The molecular weight excluding hydrogens is 438 g/mol. The molecule has 1 aromatic carbocycles. The van der Waals surface area contributed by atoms with Gasteiger partial charge in [-0.05, 0) is 42.5 Å². The number of carbonyl (C=O) groups is 1. The Morgan fingerprint density at radius 1 is 1.03 bits per heavy atom. The van der Waals surface area contributed by atoms with Crippen LogP contribution in [0, 0.1) is 11.3 Å². The maximum Gasteiger partial charge on any atom is 0.244 e. The largest absolute Gasteiger partial charge is 0.371 e. The van der Waals surface area contributed by atoms with Crippen molar-refractivity contribution in [2.45, 2.75) is 12.0 Å². The number of aromatic nitrogens is 3. The number of nitriles is 1. The second kappa shape index (κ2) is 9.08. The van der Waals surface area contributed by atoms with Crippen LogP contribution in [-0.4, -0.2) is 20.9 Å². The Bertz CT molecular complexity index is 1520. The van der Waals surface area contributed by atoms with E-state index in [4.69, 9.17) is 5.73 Å². The van der Waals surface area contributed by atoms with Gasteiger partial charge < -0.3 is 16.4 Å². The maximum absolute atomic E-state index is 12.1. The van der Waals surface area contributed by atoms with Gasteiger partial charge in [0, 0.05) is 59.1 Å². The van der Waals surface area contributed by atoms with Gasteiger partial charge >= 0.3 is 0 Å². The SMILES string of the molecule is N#Cc1ccc2nccc(NC3(c4cncc(Nc5ccncc5)c4)C=CC=C(C(N)=O)C3)c2c1. The van der Waals surface area contributed by atoms with Crippen LogP contribution in [0.3, 0.4) is 0 Å². The van der Waals surface area contributed by atoms with Gasteiger partial charge in [0.2, 0.25) is 5.91 Å². The third-order valence-corrected chi connectivity index (χ3v) is 5.91. The van der Waals surface area contributed by atoms with Crippen molar-refractivity contribution in [2.75, 3.05) is 10.6 Å². The summed E-state index contributed by atoms with van der Waals surface area (Å²) in [7, 11) is 0. The van der Waals surface area contributed by atoms with Crippen LogP contribution < -0.4 is 16.4 Å². The number of nitrogens with two attached hydrogens (primary N) is 1. The van der Waals surface area contributed by atoms with Gasteiger partial charge in [0.15, 0.2) is 0 Å². The normalized spacial score (nSPS) is 16.8. The molecule has 8 nitrogen and oxygen atoms in total. The van der Waals surface area contributed by atoms with Crippen LogP contribution in [0.25, 0.3) is 10.9 Å². The molecule has 0 spiro atoms. The second-order valence-corrected chi connectivity index (χ2v) is 8.21. The summed E-state index contributed by atoms with van der Waals surface area (Å²) in [5.41, 5.74) is 9.89. The molecule has 8 heteroatoms. The Morgan fingerprint density at radius 3 is 2.69 bits per heavy atom. The fourth-order valence-corrected chi connectivity index (χ4v) is 4.19. The fraction of sp³-hybridized carbons (Fsp3) is 0.0741. The van der Waals surface area contributed by atoms with Gasteiger partial charge in [-0.3, -0.25) is 19.7 Å². The summed E-state index contributed by atoms with van der Waals surface area (Å²) in [4.78, 5) is 25.1. The van der Waals surface area contributed by atoms with E-state index in [1.165, 1.54) is 0 Å². The topological polar surface area (TPSA) is 130 Å². The summed E-state index contributed by atoms with van der Waals surface area (Å²) in [6.07, 6.45) is 14.5.